The molecule has 1 aliphatic rings. The van der Waals surface area contributed by atoms with Crippen LogP contribution >= 0.6 is 0 Å². The molecule has 112 valence electrons. The summed E-state index contributed by atoms with van der Waals surface area (Å²) >= 11 is 0. The van der Waals surface area contributed by atoms with Gasteiger partial charge in [-0.05, 0) is 30.7 Å². The van der Waals surface area contributed by atoms with E-state index in [0.29, 0.717) is 18.5 Å². The first-order valence-corrected chi connectivity index (χ1v) is 6.92. The first kappa shape index (κ1) is 15.0. The van der Waals surface area contributed by atoms with Crippen LogP contribution < -0.4 is 15.1 Å². The molecule has 2 rings (SSSR count). The van der Waals surface area contributed by atoms with Gasteiger partial charge in [-0.15, -0.1) is 0 Å². The van der Waals surface area contributed by atoms with Crippen molar-refractivity contribution in [1.29, 1.82) is 0 Å². The predicted octanol–water partition coefficient (Wildman–Crippen LogP) is 1.75. The molecule has 1 aromatic rings. The maximum absolute atomic E-state index is 12.4. The van der Waals surface area contributed by atoms with Crippen LogP contribution in [-0.2, 0) is 9.59 Å². The number of barbiturate groups is 1. The zero-order chi connectivity index (χ0) is 15.6. The summed E-state index contributed by atoms with van der Waals surface area (Å²) in [5, 5.41) is 2.25. The number of nitrogens with zero attached hydrogens (tertiary/aromatic N) is 2. The van der Waals surface area contributed by atoms with E-state index in [1.165, 1.54) is 0 Å². The lowest BCUT2D eigenvalue weighted by Gasteiger charge is -2.30. The van der Waals surface area contributed by atoms with Gasteiger partial charge in [0.05, 0.1) is 5.69 Å². The van der Waals surface area contributed by atoms with Gasteiger partial charge in [0.1, 0.15) is 5.92 Å². The molecule has 0 saturated carbocycles. The lowest BCUT2D eigenvalue weighted by molar-refractivity contribution is -0.134. The van der Waals surface area contributed by atoms with E-state index < -0.39 is 23.8 Å². The monoisotopic (exact) mass is 289 g/mol. The summed E-state index contributed by atoms with van der Waals surface area (Å²) in [5.74, 6) is -1.75. The van der Waals surface area contributed by atoms with Crippen LogP contribution in [0.1, 0.15) is 19.8 Å². The highest BCUT2D eigenvalue weighted by atomic mass is 16.2. The van der Waals surface area contributed by atoms with Crippen molar-refractivity contribution in [3.05, 3.63) is 24.3 Å². The Labute approximate surface area is 123 Å². The van der Waals surface area contributed by atoms with Gasteiger partial charge in [-0.1, -0.05) is 13.3 Å². The normalized spacial score (nSPS) is 18.7. The molecule has 0 spiro atoms. The fourth-order valence-electron chi connectivity index (χ4n) is 2.30. The Morgan fingerprint density at radius 1 is 1.14 bits per heavy atom. The molecule has 0 bridgehead atoms. The third-order valence-electron chi connectivity index (χ3n) is 3.47. The summed E-state index contributed by atoms with van der Waals surface area (Å²) in [6, 6.07) is 6.36. The van der Waals surface area contributed by atoms with Crippen molar-refractivity contribution in [2.24, 2.45) is 5.92 Å². The SMILES string of the molecule is CCCC1C(=O)NC(=O)N(c2ccc(N(C)C)cc2)C1=O. The Balaban J connectivity index is 2.30. The van der Waals surface area contributed by atoms with Gasteiger partial charge in [-0.25, -0.2) is 9.69 Å². The van der Waals surface area contributed by atoms with Gasteiger partial charge in [0, 0.05) is 19.8 Å². The maximum atomic E-state index is 12.4. The van der Waals surface area contributed by atoms with Gasteiger partial charge >= 0.3 is 6.03 Å². The molecular weight excluding hydrogens is 270 g/mol. The van der Waals surface area contributed by atoms with Crippen molar-refractivity contribution < 1.29 is 14.4 Å². The number of hydrogen-bond donors (Lipinski definition) is 1. The van der Waals surface area contributed by atoms with E-state index in [9.17, 15) is 14.4 Å². The first-order valence-electron chi connectivity index (χ1n) is 6.92. The summed E-state index contributed by atoms with van der Waals surface area (Å²) in [6.07, 6.45) is 1.13. The molecule has 1 saturated heterocycles. The van der Waals surface area contributed by atoms with Crippen molar-refractivity contribution in [3.8, 4) is 0 Å². The van der Waals surface area contributed by atoms with Crippen LogP contribution in [0.15, 0.2) is 24.3 Å². The molecule has 1 heterocycles. The molecule has 1 atom stereocenters. The van der Waals surface area contributed by atoms with Gasteiger partial charge in [0.15, 0.2) is 0 Å². The standard InChI is InChI=1S/C15H19N3O3/c1-4-5-12-13(19)16-15(21)18(14(12)20)11-8-6-10(7-9-11)17(2)3/h6-9,12H,4-5H2,1-3H3,(H,16,19,21). The smallest absolute Gasteiger partial charge is 0.335 e. The van der Waals surface area contributed by atoms with Gasteiger partial charge in [0.2, 0.25) is 11.8 Å². The summed E-state index contributed by atoms with van der Waals surface area (Å²) in [6.45, 7) is 1.90. The summed E-state index contributed by atoms with van der Waals surface area (Å²) in [7, 11) is 3.81. The third-order valence-corrected chi connectivity index (χ3v) is 3.47. The van der Waals surface area contributed by atoms with Gasteiger partial charge in [0.25, 0.3) is 0 Å². The molecule has 0 radical (unpaired) electrons. The second-order valence-electron chi connectivity index (χ2n) is 5.22. The van der Waals surface area contributed by atoms with E-state index in [-0.39, 0.29) is 0 Å². The molecule has 1 aliphatic heterocycles. The minimum absolute atomic E-state index is 0.435. The molecule has 0 aromatic heterocycles. The Hall–Kier alpha value is -2.37. The van der Waals surface area contributed by atoms with Gasteiger partial charge < -0.3 is 4.90 Å². The Morgan fingerprint density at radius 2 is 1.76 bits per heavy atom. The van der Waals surface area contributed by atoms with Crippen LogP contribution in [0.2, 0.25) is 0 Å². The van der Waals surface area contributed by atoms with Gasteiger partial charge in [-0.3, -0.25) is 14.9 Å². The van der Waals surface area contributed by atoms with Crippen LogP contribution in [0, 0.1) is 5.92 Å². The van der Waals surface area contributed by atoms with E-state index in [1.807, 2.05) is 38.1 Å². The number of rotatable bonds is 4. The second kappa shape index (κ2) is 5.95. The second-order valence-corrected chi connectivity index (χ2v) is 5.22. The van der Waals surface area contributed by atoms with Crippen LogP contribution in [0.3, 0.4) is 0 Å². The fourth-order valence-corrected chi connectivity index (χ4v) is 2.30. The third kappa shape index (κ3) is 2.89. The number of benzene rings is 1. The number of imide groups is 2. The molecule has 1 aromatic carbocycles. The molecule has 6 nitrogen and oxygen atoms in total. The minimum atomic E-state index is -0.791. The lowest BCUT2D eigenvalue weighted by atomic mass is 9.99. The van der Waals surface area contributed by atoms with Crippen LogP contribution in [0.4, 0.5) is 16.2 Å². The van der Waals surface area contributed by atoms with Crippen LogP contribution in [0.5, 0.6) is 0 Å². The topological polar surface area (TPSA) is 69.7 Å². The van der Waals surface area contributed by atoms with Crippen molar-refractivity contribution in [2.45, 2.75) is 19.8 Å². The number of carbonyl (C=O) groups excluding carboxylic acids is 3. The van der Waals surface area contributed by atoms with E-state index in [1.54, 1.807) is 12.1 Å². The molecule has 6 heteroatoms. The van der Waals surface area contributed by atoms with Crippen molar-refractivity contribution in [2.75, 3.05) is 23.9 Å². The molecule has 1 fully saturated rings. The molecule has 0 aliphatic carbocycles. The van der Waals surface area contributed by atoms with Crippen molar-refractivity contribution >= 4 is 29.2 Å². The highest BCUT2D eigenvalue weighted by molar-refractivity contribution is 6.27. The quantitative estimate of drug-likeness (QED) is 0.857. The summed E-state index contributed by atoms with van der Waals surface area (Å²) < 4.78 is 0. The number of urea groups is 1. The zero-order valence-corrected chi connectivity index (χ0v) is 12.4. The largest absolute Gasteiger partial charge is 0.378 e. The Bertz CT molecular complexity index is 566. The highest BCUT2D eigenvalue weighted by Crippen LogP contribution is 2.25. The Kier molecular flexibility index (Phi) is 4.26. The van der Waals surface area contributed by atoms with Crippen molar-refractivity contribution in [1.82, 2.24) is 5.32 Å². The summed E-state index contributed by atoms with van der Waals surface area (Å²) in [5.41, 5.74) is 1.43. The summed E-state index contributed by atoms with van der Waals surface area (Å²) in [4.78, 5) is 39.0. The zero-order valence-electron chi connectivity index (χ0n) is 12.4. The van der Waals surface area contributed by atoms with E-state index >= 15 is 0 Å². The van der Waals surface area contributed by atoms with Crippen molar-refractivity contribution in [3.63, 3.8) is 0 Å². The minimum Gasteiger partial charge on any atom is -0.378 e. The van der Waals surface area contributed by atoms with Gasteiger partial charge in [-0.2, -0.15) is 0 Å². The molecular formula is C15H19N3O3. The average Bonchev–Trinajstić information content (AvgIpc) is 2.44. The first-order chi connectivity index (χ1) is 9.95. The van der Waals surface area contributed by atoms with E-state index in [2.05, 4.69) is 5.32 Å². The number of nitrogens with one attached hydrogen (secondary N) is 1. The predicted molar refractivity (Wildman–Crippen MR) is 80.2 cm³/mol. The van der Waals surface area contributed by atoms with Crippen LogP contribution in [0.25, 0.3) is 0 Å². The number of amides is 4. The molecule has 1 unspecified atom stereocenters. The number of carbonyl (C=O) groups is 3. The lowest BCUT2D eigenvalue weighted by Crippen LogP contribution is -2.58. The van der Waals surface area contributed by atoms with E-state index in [4.69, 9.17) is 0 Å². The highest BCUT2D eigenvalue weighted by Gasteiger charge is 2.40. The maximum Gasteiger partial charge on any atom is 0.335 e. The number of anilines is 2. The number of hydrogen-bond acceptors (Lipinski definition) is 4. The fraction of sp³-hybridized carbons (Fsp3) is 0.400. The average molecular weight is 289 g/mol. The van der Waals surface area contributed by atoms with Crippen LogP contribution in [-0.4, -0.2) is 31.9 Å². The molecule has 1 N–H and O–H groups in total. The Morgan fingerprint density at radius 3 is 2.29 bits per heavy atom. The van der Waals surface area contributed by atoms with E-state index in [0.717, 1.165) is 10.6 Å². The molecule has 4 amide bonds. The molecule has 21 heavy (non-hydrogen) atoms.